The predicted octanol–water partition coefficient (Wildman–Crippen LogP) is 3.79. The first kappa shape index (κ1) is 26.1. The van der Waals surface area contributed by atoms with Crippen LogP contribution in [-0.4, -0.2) is 37.5 Å². The summed E-state index contributed by atoms with van der Waals surface area (Å²) in [5.74, 6) is -0.536. The zero-order valence-corrected chi connectivity index (χ0v) is 19.8. The van der Waals surface area contributed by atoms with Gasteiger partial charge in [-0.25, -0.2) is 27.3 Å². The molecule has 15 heteroatoms. The summed E-state index contributed by atoms with van der Waals surface area (Å²) < 4.78 is 80.1. The number of rotatable bonds is 3. The molecule has 3 aromatic rings. The van der Waals surface area contributed by atoms with Crippen molar-refractivity contribution in [2.45, 2.75) is 24.0 Å². The van der Waals surface area contributed by atoms with Crippen LogP contribution in [0.2, 0.25) is 0 Å². The predicted molar refractivity (Wildman–Crippen MR) is 127 cm³/mol. The highest BCUT2D eigenvalue weighted by Gasteiger charge is 2.31. The number of aromatic nitrogens is 2. The van der Waals surface area contributed by atoms with Crippen molar-refractivity contribution in [2.24, 2.45) is 0 Å². The fourth-order valence-electron chi connectivity index (χ4n) is 3.34. The second-order valence-corrected chi connectivity index (χ2v) is 9.67. The number of halogens is 4. The Morgan fingerprint density at radius 3 is 2.70 bits per heavy atom. The third-order valence-electron chi connectivity index (χ3n) is 5.18. The summed E-state index contributed by atoms with van der Waals surface area (Å²) in [6.45, 7) is 0.339. The molecule has 0 unspecified atom stereocenters. The summed E-state index contributed by atoms with van der Waals surface area (Å²) in [4.78, 5) is 20.9. The lowest BCUT2D eigenvalue weighted by atomic mass is 10.2. The lowest BCUT2D eigenvalue weighted by Gasteiger charge is -2.14. The summed E-state index contributed by atoms with van der Waals surface area (Å²) in [6.07, 6.45) is -2.87. The van der Waals surface area contributed by atoms with E-state index in [-0.39, 0.29) is 23.9 Å². The van der Waals surface area contributed by atoms with Gasteiger partial charge in [0.1, 0.15) is 11.6 Å². The highest BCUT2D eigenvalue weighted by Crippen LogP contribution is 2.31. The van der Waals surface area contributed by atoms with Crippen molar-refractivity contribution < 1.29 is 30.8 Å². The molecule has 37 heavy (non-hydrogen) atoms. The molecule has 0 aliphatic carbocycles. The van der Waals surface area contributed by atoms with Crippen LogP contribution < -0.4 is 26.0 Å². The number of hydrogen-bond acceptors (Lipinski definition) is 7. The van der Waals surface area contributed by atoms with E-state index in [1.807, 2.05) is 0 Å². The van der Waals surface area contributed by atoms with Crippen LogP contribution in [0, 0.1) is 5.82 Å². The Morgan fingerprint density at radius 2 is 1.92 bits per heavy atom. The van der Waals surface area contributed by atoms with Gasteiger partial charge in [0.15, 0.2) is 0 Å². The smallest absolute Gasteiger partial charge is 0.370 e. The number of nitrogens with one attached hydrogen (secondary N) is 5. The van der Waals surface area contributed by atoms with Crippen LogP contribution in [0.4, 0.5) is 45.5 Å². The second kappa shape index (κ2) is 10.6. The number of hydrogen-bond donors (Lipinski definition) is 5. The Kier molecular flexibility index (Phi) is 7.45. The molecular weight excluding hydrogens is 518 g/mol. The van der Waals surface area contributed by atoms with Gasteiger partial charge in [0.05, 0.1) is 16.1 Å². The van der Waals surface area contributed by atoms with E-state index >= 15 is 0 Å². The van der Waals surface area contributed by atoms with Crippen molar-refractivity contribution in [3.63, 3.8) is 0 Å². The summed E-state index contributed by atoms with van der Waals surface area (Å²) in [5, 5.41) is 10.5. The SMILES string of the molecule is O=C(NCc1cnc2nc1NCCCNS(=O)(=O)c1cccc(c1)N2)Nc1cc(C(F)(F)F)ccc1F. The molecule has 1 aliphatic rings. The number of carbonyl (C=O) groups is 1. The molecule has 4 bridgehead atoms. The first-order chi connectivity index (χ1) is 17.5. The molecule has 1 aliphatic heterocycles. The van der Waals surface area contributed by atoms with E-state index in [4.69, 9.17) is 0 Å². The van der Waals surface area contributed by atoms with Gasteiger partial charge in [0.2, 0.25) is 16.0 Å². The Balaban J connectivity index is 1.49. The monoisotopic (exact) mass is 539 g/mol. The molecule has 0 fully saturated rings. The van der Waals surface area contributed by atoms with E-state index in [9.17, 15) is 30.8 Å². The molecule has 0 atom stereocenters. The van der Waals surface area contributed by atoms with Gasteiger partial charge in [-0.05, 0) is 42.8 Å². The third kappa shape index (κ3) is 6.62. The molecule has 1 aromatic heterocycles. The van der Waals surface area contributed by atoms with Crippen molar-refractivity contribution in [1.29, 1.82) is 0 Å². The normalized spacial score (nSPS) is 15.1. The van der Waals surface area contributed by atoms with Gasteiger partial charge in [-0.3, -0.25) is 0 Å². The minimum Gasteiger partial charge on any atom is -0.370 e. The number of urea groups is 1. The Hall–Kier alpha value is -3.98. The Morgan fingerprint density at radius 1 is 1.11 bits per heavy atom. The van der Waals surface area contributed by atoms with Gasteiger partial charge in [0.25, 0.3) is 0 Å². The third-order valence-corrected chi connectivity index (χ3v) is 6.64. The summed E-state index contributed by atoms with van der Waals surface area (Å²) >= 11 is 0. The summed E-state index contributed by atoms with van der Waals surface area (Å²) in [5.41, 5.74) is -0.878. The first-order valence-corrected chi connectivity index (χ1v) is 12.4. The highest BCUT2D eigenvalue weighted by molar-refractivity contribution is 7.89. The van der Waals surface area contributed by atoms with Crippen LogP contribution in [0.15, 0.2) is 53.6 Å². The number of anilines is 4. The standard InChI is InChI=1S/C22H21F4N7O3S/c23-17-6-5-14(22(24,25)26)9-18(17)32-21(34)29-12-13-11-28-20-31-15-3-1-4-16(10-15)37(35,36)30-8-2-7-27-19(13)33-20/h1,3-6,9-11,30H,2,7-8,12H2,(H2,29,32,34)(H2,27,28,31,33). The van der Waals surface area contributed by atoms with Crippen molar-refractivity contribution in [3.05, 3.63) is 65.6 Å². The maximum Gasteiger partial charge on any atom is 0.416 e. The molecule has 10 nitrogen and oxygen atoms in total. The summed E-state index contributed by atoms with van der Waals surface area (Å²) in [7, 11) is -3.70. The quantitative estimate of drug-likeness (QED) is 0.320. The fraction of sp³-hybridized carbons (Fsp3) is 0.227. The second-order valence-electron chi connectivity index (χ2n) is 7.90. The molecule has 5 N–H and O–H groups in total. The largest absolute Gasteiger partial charge is 0.416 e. The molecular formula is C22H21F4N7O3S. The Bertz CT molecular complexity index is 1420. The van der Waals surface area contributed by atoms with Crippen LogP contribution in [0.5, 0.6) is 0 Å². The van der Waals surface area contributed by atoms with E-state index in [1.165, 1.54) is 18.3 Å². The van der Waals surface area contributed by atoms with Crippen molar-refractivity contribution >= 4 is 39.2 Å². The highest BCUT2D eigenvalue weighted by atomic mass is 32.2. The molecule has 2 heterocycles. The van der Waals surface area contributed by atoms with E-state index < -0.39 is 39.3 Å². The number of nitrogens with zero attached hydrogens (tertiary/aromatic N) is 2. The lowest BCUT2D eigenvalue weighted by molar-refractivity contribution is -0.137. The van der Waals surface area contributed by atoms with Crippen LogP contribution in [-0.2, 0) is 22.7 Å². The van der Waals surface area contributed by atoms with Gasteiger partial charge in [0, 0.05) is 37.1 Å². The fourth-order valence-corrected chi connectivity index (χ4v) is 4.46. The van der Waals surface area contributed by atoms with Crippen molar-refractivity contribution in [1.82, 2.24) is 20.0 Å². The van der Waals surface area contributed by atoms with E-state index in [0.717, 1.165) is 0 Å². The number of fused-ring (bicyclic) bond motifs is 4. The van der Waals surface area contributed by atoms with E-state index in [2.05, 4.69) is 36.0 Å². The first-order valence-electron chi connectivity index (χ1n) is 10.9. The van der Waals surface area contributed by atoms with E-state index in [1.54, 1.807) is 12.1 Å². The average molecular weight is 540 g/mol. The van der Waals surface area contributed by atoms with Gasteiger partial charge >= 0.3 is 12.2 Å². The number of amides is 2. The molecule has 0 radical (unpaired) electrons. The summed E-state index contributed by atoms with van der Waals surface area (Å²) in [6, 6.07) is 6.86. The Labute approximate surface area is 209 Å². The van der Waals surface area contributed by atoms with Gasteiger partial charge in [-0.2, -0.15) is 18.2 Å². The maximum absolute atomic E-state index is 13.9. The number of carbonyl (C=O) groups excluding carboxylic acids is 1. The van der Waals surface area contributed by atoms with Crippen LogP contribution in [0.1, 0.15) is 17.5 Å². The number of alkyl halides is 3. The molecule has 2 aromatic carbocycles. The number of sulfonamides is 1. The van der Waals surface area contributed by atoms with Gasteiger partial charge in [-0.15, -0.1) is 0 Å². The lowest BCUT2D eigenvalue weighted by Crippen LogP contribution is -2.29. The molecule has 0 saturated heterocycles. The molecule has 0 saturated carbocycles. The average Bonchev–Trinajstić information content (AvgIpc) is 2.84. The van der Waals surface area contributed by atoms with Gasteiger partial charge < -0.3 is 21.3 Å². The molecule has 196 valence electrons. The molecule has 2 amide bonds. The molecule has 0 spiro atoms. The van der Waals surface area contributed by atoms with Gasteiger partial charge in [-0.1, -0.05) is 6.07 Å². The topological polar surface area (TPSA) is 137 Å². The minimum absolute atomic E-state index is 0.0777. The van der Waals surface area contributed by atoms with Crippen molar-refractivity contribution in [3.8, 4) is 0 Å². The zero-order valence-electron chi connectivity index (χ0n) is 19.0. The zero-order chi connectivity index (χ0) is 26.6. The van der Waals surface area contributed by atoms with Crippen molar-refractivity contribution in [2.75, 3.05) is 29.0 Å². The van der Waals surface area contributed by atoms with Crippen LogP contribution in [0.3, 0.4) is 0 Å². The number of benzene rings is 2. The van der Waals surface area contributed by atoms with E-state index in [0.29, 0.717) is 48.2 Å². The van der Waals surface area contributed by atoms with Crippen LogP contribution >= 0.6 is 0 Å². The maximum atomic E-state index is 13.9. The minimum atomic E-state index is -4.70. The van der Waals surface area contributed by atoms with Crippen LogP contribution in [0.25, 0.3) is 0 Å². The molecule has 4 rings (SSSR count).